The van der Waals surface area contributed by atoms with Crippen molar-refractivity contribution in [3.8, 4) is 5.75 Å². The summed E-state index contributed by atoms with van der Waals surface area (Å²) >= 11 is 1.60. The fraction of sp³-hybridized carbons (Fsp3) is 0.316. The molecule has 1 N–H and O–H groups in total. The molecule has 0 saturated heterocycles. The second kappa shape index (κ2) is 13.3. The smallest absolute Gasteiger partial charge is 0.407 e. The Balaban J connectivity index is 2.44. The average molecular weight is 409 g/mol. The molecule has 8 nitrogen and oxygen atoms in total. The minimum atomic E-state index is -0.824. The van der Waals surface area contributed by atoms with Crippen molar-refractivity contribution < 1.29 is 33.3 Å². The second-order valence-corrected chi connectivity index (χ2v) is 6.03. The number of hydrogen-bond donors (Lipinski definition) is 1. The van der Waals surface area contributed by atoms with E-state index in [1.54, 1.807) is 23.9 Å². The summed E-state index contributed by atoms with van der Waals surface area (Å²) in [6, 6.07) is 7.37. The van der Waals surface area contributed by atoms with Gasteiger partial charge < -0.3 is 24.3 Å². The Bertz CT molecular complexity index is 675. The van der Waals surface area contributed by atoms with Crippen LogP contribution in [0.2, 0.25) is 0 Å². The zero-order valence-corrected chi connectivity index (χ0v) is 16.4. The van der Waals surface area contributed by atoms with Crippen LogP contribution in [0, 0.1) is 0 Å². The number of carbonyl (C=O) groups excluding carboxylic acids is 3. The van der Waals surface area contributed by atoms with Crippen molar-refractivity contribution in [2.75, 3.05) is 32.6 Å². The first-order valence-corrected chi connectivity index (χ1v) is 9.50. The summed E-state index contributed by atoms with van der Waals surface area (Å²) in [6.07, 6.45) is 2.42. The van der Waals surface area contributed by atoms with Gasteiger partial charge >= 0.3 is 18.0 Å². The van der Waals surface area contributed by atoms with Crippen molar-refractivity contribution in [2.45, 2.75) is 11.0 Å². The normalized spacial score (nSPS) is 10.9. The predicted octanol–water partition coefficient (Wildman–Crippen LogP) is 2.34. The summed E-state index contributed by atoms with van der Waals surface area (Å²) in [7, 11) is 0. The summed E-state index contributed by atoms with van der Waals surface area (Å²) in [5.41, 5.74) is 0. The Hall–Kier alpha value is -2.94. The standard InChI is InChI=1S/C19H23NO7S/c1-4-17(21)24-11-10-20-19(23)26-13-15(27-18(22)5-2)12-25-14-6-8-16(28-3)9-7-14/h4-9,15H,1-2,10-13H2,3H3,(H,20,23). The number of esters is 2. The molecule has 0 aliphatic heterocycles. The Morgan fingerprint density at radius 1 is 1.07 bits per heavy atom. The lowest BCUT2D eigenvalue weighted by molar-refractivity contribution is -0.146. The van der Waals surface area contributed by atoms with E-state index in [0.29, 0.717) is 5.75 Å². The molecule has 0 aliphatic carbocycles. The first kappa shape index (κ1) is 23.1. The fourth-order valence-electron chi connectivity index (χ4n) is 1.77. The quantitative estimate of drug-likeness (QED) is 0.185. The zero-order valence-electron chi connectivity index (χ0n) is 15.6. The van der Waals surface area contributed by atoms with Crippen LogP contribution in [0.4, 0.5) is 4.79 Å². The minimum absolute atomic E-state index is 0.0115. The largest absolute Gasteiger partial charge is 0.490 e. The summed E-state index contributed by atoms with van der Waals surface area (Å²) in [5, 5.41) is 2.39. The highest BCUT2D eigenvalue weighted by molar-refractivity contribution is 7.98. The van der Waals surface area contributed by atoms with Gasteiger partial charge in [-0.05, 0) is 30.5 Å². The van der Waals surface area contributed by atoms with Gasteiger partial charge in [-0.15, -0.1) is 11.8 Å². The third kappa shape index (κ3) is 9.67. The second-order valence-electron chi connectivity index (χ2n) is 5.15. The molecule has 1 aromatic carbocycles. The molecule has 1 rings (SSSR count). The molecule has 0 fully saturated rings. The number of nitrogens with one attached hydrogen (secondary N) is 1. The van der Waals surface area contributed by atoms with Crippen molar-refractivity contribution in [1.82, 2.24) is 5.32 Å². The SMILES string of the molecule is C=CC(=O)OCCNC(=O)OCC(COc1ccc(SC)cc1)OC(=O)C=C. The average Bonchev–Trinajstić information content (AvgIpc) is 2.72. The first-order chi connectivity index (χ1) is 13.5. The topological polar surface area (TPSA) is 100 Å². The number of thioether (sulfide) groups is 1. The maximum absolute atomic E-state index is 11.7. The van der Waals surface area contributed by atoms with Crippen LogP contribution in [0.25, 0.3) is 0 Å². The van der Waals surface area contributed by atoms with Crippen molar-refractivity contribution in [2.24, 2.45) is 0 Å². The Morgan fingerprint density at radius 3 is 2.36 bits per heavy atom. The van der Waals surface area contributed by atoms with E-state index in [-0.39, 0.29) is 26.4 Å². The van der Waals surface area contributed by atoms with E-state index in [1.165, 1.54) is 0 Å². The number of alkyl carbamates (subject to hydrolysis) is 1. The molecule has 0 heterocycles. The summed E-state index contributed by atoms with van der Waals surface area (Å²) in [4.78, 5) is 35.1. The number of ether oxygens (including phenoxy) is 4. The van der Waals surface area contributed by atoms with E-state index in [9.17, 15) is 14.4 Å². The molecule has 0 spiro atoms. The number of benzene rings is 1. The van der Waals surface area contributed by atoms with Gasteiger partial charge in [0.1, 0.15) is 25.6 Å². The van der Waals surface area contributed by atoms with Gasteiger partial charge in [-0.1, -0.05) is 13.2 Å². The summed E-state index contributed by atoms with van der Waals surface area (Å²) < 4.78 is 20.4. The first-order valence-electron chi connectivity index (χ1n) is 8.28. The lowest BCUT2D eigenvalue weighted by Crippen LogP contribution is -2.34. The molecule has 1 atom stereocenters. The van der Waals surface area contributed by atoms with E-state index in [0.717, 1.165) is 17.0 Å². The van der Waals surface area contributed by atoms with Crippen LogP contribution in [-0.4, -0.2) is 56.8 Å². The van der Waals surface area contributed by atoms with Crippen molar-refractivity contribution >= 4 is 29.8 Å². The molecule has 9 heteroatoms. The molecular weight excluding hydrogens is 386 g/mol. The number of hydrogen-bond acceptors (Lipinski definition) is 8. The molecular formula is C19H23NO7S. The number of amides is 1. The predicted molar refractivity (Wildman–Crippen MR) is 104 cm³/mol. The molecule has 0 aromatic heterocycles. The van der Waals surface area contributed by atoms with Crippen LogP contribution < -0.4 is 10.1 Å². The van der Waals surface area contributed by atoms with Gasteiger partial charge in [0.2, 0.25) is 0 Å². The lowest BCUT2D eigenvalue weighted by atomic mass is 10.3. The maximum atomic E-state index is 11.7. The van der Waals surface area contributed by atoms with Crippen LogP contribution in [0.15, 0.2) is 54.5 Å². The molecule has 0 saturated carbocycles. The highest BCUT2D eigenvalue weighted by Crippen LogP contribution is 2.19. The lowest BCUT2D eigenvalue weighted by Gasteiger charge is -2.18. The highest BCUT2D eigenvalue weighted by atomic mass is 32.2. The van der Waals surface area contributed by atoms with E-state index < -0.39 is 24.1 Å². The third-order valence-corrected chi connectivity index (χ3v) is 3.87. The van der Waals surface area contributed by atoms with E-state index in [1.807, 2.05) is 18.4 Å². The van der Waals surface area contributed by atoms with E-state index in [4.69, 9.17) is 18.9 Å². The van der Waals surface area contributed by atoms with Crippen LogP contribution in [0.5, 0.6) is 5.75 Å². The van der Waals surface area contributed by atoms with Gasteiger partial charge in [0.25, 0.3) is 0 Å². The van der Waals surface area contributed by atoms with Gasteiger partial charge in [-0.25, -0.2) is 14.4 Å². The van der Waals surface area contributed by atoms with E-state index >= 15 is 0 Å². The van der Waals surface area contributed by atoms with E-state index in [2.05, 4.69) is 18.5 Å². The Kier molecular flexibility index (Phi) is 10.9. The monoisotopic (exact) mass is 409 g/mol. The van der Waals surface area contributed by atoms with Crippen LogP contribution in [0.1, 0.15) is 0 Å². The van der Waals surface area contributed by atoms with Crippen LogP contribution in [-0.2, 0) is 23.8 Å². The molecule has 0 aliphatic rings. The molecule has 0 bridgehead atoms. The molecule has 0 radical (unpaired) electrons. The van der Waals surface area contributed by atoms with Crippen LogP contribution in [0.3, 0.4) is 0 Å². The van der Waals surface area contributed by atoms with Gasteiger partial charge in [0.05, 0.1) is 6.54 Å². The zero-order chi connectivity index (χ0) is 20.8. The minimum Gasteiger partial charge on any atom is -0.490 e. The summed E-state index contributed by atoms with van der Waals surface area (Å²) in [5.74, 6) is -0.660. The molecule has 1 unspecified atom stereocenters. The molecule has 28 heavy (non-hydrogen) atoms. The van der Waals surface area contributed by atoms with Crippen molar-refractivity contribution in [3.05, 3.63) is 49.6 Å². The van der Waals surface area contributed by atoms with Crippen molar-refractivity contribution in [3.63, 3.8) is 0 Å². The highest BCUT2D eigenvalue weighted by Gasteiger charge is 2.17. The molecule has 1 amide bonds. The maximum Gasteiger partial charge on any atom is 0.407 e. The number of carbonyl (C=O) groups is 3. The van der Waals surface area contributed by atoms with Crippen LogP contribution >= 0.6 is 11.8 Å². The molecule has 1 aromatic rings. The third-order valence-electron chi connectivity index (χ3n) is 3.13. The van der Waals surface area contributed by atoms with Crippen molar-refractivity contribution in [1.29, 1.82) is 0 Å². The Morgan fingerprint density at radius 2 is 1.75 bits per heavy atom. The molecule has 152 valence electrons. The number of rotatable bonds is 12. The van der Waals surface area contributed by atoms with Gasteiger partial charge in [0, 0.05) is 17.0 Å². The Labute approximate surface area is 167 Å². The summed E-state index contributed by atoms with van der Waals surface area (Å²) in [6.45, 7) is 6.39. The van der Waals surface area contributed by atoms with Gasteiger partial charge in [0.15, 0.2) is 6.10 Å². The fourth-order valence-corrected chi connectivity index (χ4v) is 2.18. The van der Waals surface area contributed by atoms with Gasteiger partial charge in [-0.3, -0.25) is 0 Å². The van der Waals surface area contributed by atoms with Gasteiger partial charge in [-0.2, -0.15) is 0 Å².